The third kappa shape index (κ3) is 2.25. The molecule has 0 aromatic carbocycles. The Morgan fingerprint density at radius 1 is 0.923 bits per heavy atom. The highest BCUT2D eigenvalue weighted by molar-refractivity contribution is 4.80. The molecule has 1 heterocycles. The van der Waals surface area contributed by atoms with Gasteiger partial charge in [0.25, 0.3) is 0 Å². The van der Waals surface area contributed by atoms with Crippen molar-refractivity contribution in [3.05, 3.63) is 0 Å². The molecule has 0 radical (unpaired) electrons. The van der Waals surface area contributed by atoms with E-state index >= 15 is 0 Å². The van der Waals surface area contributed by atoms with E-state index < -0.39 is 0 Å². The van der Waals surface area contributed by atoms with E-state index in [1.807, 2.05) is 0 Å². The fraction of sp³-hybridized carbons (Fsp3) is 1.00. The standard InChI is InChI=1S/C12H22O/c1-10-6-5-9-13-12(10)11-7-3-2-4-8-11/h10-12H,2-9H2,1H3/t10-,12-/m0/s1. The third-order valence-corrected chi connectivity index (χ3v) is 3.79. The van der Waals surface area contributed by atoms with Gasteiger partial charge in [0.1, 0.15) is 0 Å². The Bertz CT molecular complexity index is 149. The maximum atomic E-state index is 5.93. The summed E-state index contributed by atoms with van der Waals surface area (Å²) in [6, 6.07) is 0. The van der Waals surface area contributed by atoms with Gasteiger partial charge in [-0.25, -0.2) is 0 Å². The summed E-state index contributed by atoms with van der Waals surface area (Å²) >= 11 is 0. The Labute approximate surface area is 81.9 Å². The molecule has 0 aromatic heterocycles. The van der Waals surface area contributed by atoms with Crippen LogP contribution in [0.15, 0.2) is 0 Å². The SMILES string of the molecule is C[C@H]1CCCO[C@@H]1C1CCCCC1. The van der Waals surface area contributed by atoms with Gasteiger partial charge in [-0.15, -0.1) is 0 Å². The lowest BCUT2D eigenvalue weighted by Crippen LogP contribution is -2.35. The predicted molar refractivity (Wildman–Crippen MR) is 54.7 cm³/mol. The van der Waals surface area contributed by atoms with Crippen LogP contribution in [-0.4, -0.2) is 12.7 Å². The van der Waals surface area contributed by atoms with E-state index in [0.29, 0.717) is 6.10 Å². The van der Waals surface area contributed by atoms with Crippen molar-refractivity contribution in [2.75, 3.05) is 6.61 Å². The van der Waals surface area contributed by atoms with Crippen LogP contribution >= 0.6 is 0 Å². The van der Waals surface area contributed by atoms with Gasteiger partial charge in [0.2, 0.25) is 0 Å². The molecule has 0 spiro atoms. The summed E-state index contributed by atoms with van der Waals surface area (Å²) in [5, 5.41) is 0. The zero-order valence-corrected chi connectivity index (χ0v) is 8.80. The molecule has 1 aliphatic heterocycles. The van der Waals surface area contributed by atoms with E-state index in [0.717, 1.165) is 18.4 Å². The maximum Gasteiger partial charge on any atom is 0.0628 e. The van der Waals surface area contributed by atoms with Crippen LogP contribution in [-0.2, 0) is 4.74 Å². The van der Waals surface area contributed by atoms with Crippen LogP contribution in [0, 0.1) is 11.8 Å². The van der Waals surface area contributed by atoms with Crippen molar-refractivity contribution in [2.24, 2.45) is 11.8 Å². The minimum absolute atomic E-state index is 0.606. The monoisotopic (exact) mass is 182 g/mol. The largest absolute Gasteiger partial charge is 0.378 e. The van der Waals surface area contributed by atoms with E-state index in [9.17, 15) is 0 Å². The molecule has 13 heavy (non-hydrogen) atoms. The van der Waals surface area contributed by atoms with Crippen molar-refractivity contribution in [1.29, 1.82) is 0 Å². The van der Waals surface area contributed by atoms with E-state index in [2.05, 4.69) is 6.92 Å². The molecule has 0 unspecified atom stereocenters. The van der Waals surface area contributed by atoms with Gasteiger partial charge in [0.05, 0.1) is 6.10 Å². The van der Waals surface area contributed by atoms with Gasteiger partial charge in [0, 0.05) is 6.61 Å². The van der Waals surface area contributed by atoms with Crippen molar-refractivity contribution in [3.8, 4) is 0 Å². The molecule has 2 rings (SSSR count). The highest BCUT2D eigenvalue weighted by Gasteiger charge is 2.30. The van der Waals surface area contributed by atoms with Crippen LogP contribution in [0.4, 0.5) is 0 Å². The Balaban J connectivity index is 1.88. The molecule has 1 aliphatic carbocycles. The van der Waals surface area contributed by atoms with Crippen LogP contribution in [0.25, 0.3) is 0 Å². The lowest BCUT2D eigenvalue weighted by Gasteiger charge is -2.37. The molecule has 0 bridgehead atoms. The molecule has 2 aliphatic rings. The van der Waals surface area contributed by atoms with Crippen molar-refractivity contribution >= 4 is 0 Å². The van der Waals surface area contributed by atoms with Gasteiger partial charge in [-0.1, -0.05) is 26.2 Å². The van der Waals surface area contributed by atoms with Gasteiger partial charge in [-0.2, -0.15) is 0 Å². The first-order valence-corrected chi connectivity index (χ1v) is 5.99. The molecule has 1 saturated heterocycles. The van der Waals surface area contributed by atoms with Crippen LogP contribution in [0.1, 0.15) is 51.9 Å². The van der Waals surface area contributed by atoms with E-state index in [-0.39, 0.29) is 0 Å². The van der Waals surface area contributed by atoms with Crippen LogP contribution in [0.3, 0.4) is 0 Å². The van der Waals surface area contributed by atoms with E-state index in [1.165, 1.54) is 44.9 Å². The van der Waals surface area contributed by atoms with Crippen LogP contribution in [0.5, 0.6) is 0 Å². The molecule has 76 valence electrons. The summed E-state index contributed by atoms with van der Waals surface area (Å²) in [6.45, 7) is 3.39. The molecule has 1 saturated carbocycles. The third-order valence-electron chi connectivity index (χ3n) is 3.79. The number of rotatable bonds is 1. The summed E-state index contributed by atoms with van der Waals surface area (Å²) in [4.78, 5) is 0. The summed E-state index contributed by atoms with van der Waals surface area (Å²) < 4.78 is 5.93. The number of hydrogen-bond donors (Lipinski definition) is 0. The average Bonchev–Trinajstić information content (AvgIpc) is 2.20. The fourth-order valence-electron chi connectivity index (χ4n) is 3.02. The molecule has 0 N–H and O–H groups in total. The van der Waals surface area contributed by atoms with Crippen molar-refractivity contribution in [3.63, 3.8) is 0 Å². The van der Waals surface area contributed by atoms with Crippen LogP contribution in [0.2, 0.25) is 0 Å². The first-order chi connectivity index (χ1) is 6.38. The summed E-state index contributed by atoms with van der Waals surface area (Å²) in [5.41, 5.74) is 0. The smallest absolute Gasteiger partial charge is 0.0628 e. The zero-order chi connectivity index (χ0) is 9.10. The normalized spacial score (nSPS) is 37.6. The number of ether oxygens (including phenoxy) is 1. The Kier molecular flexibility index (Phi) is 3.26. The molecule has 2 fully saturated rings. The number of hydrogen-bond acceptors (Lipinski definition) is 1. The lowest BCUT2D eigenvalue weighted by molar-refractivity contribution is -0.0631. The second-order valence-corrected chi connectivity index (χ2v) is 4.85. The minimum atomic E-state index is 0.606. The second-order valence-electron chi connectivity index (χ2n) is 4.85. The lowest BCUT2D eigenvalue weighted by atomic mass is 9.79. The van der Waals surface area contributed by atoms with Gasteiger partial charge >= 0.3 is 0 Å². The van der Waals surface area contributed by atoms with E-state index in [4.69, 9.17) is 4.74 Å². The molecule has 0 aromatic rings. The quantitative estimate of drug-likeness (QED) is 0.604. The average molecular weight is 182 g/mol. The fourth-order valence-corrected chi connectivity index (χ4v) is 3.02. The molecule has 1 heteroatoms. The molecule has 1 nitrogen and oxygen atoms in total. The van der Waals surface area contributed by atoms with Gasteiger partial charge < -0.3 is 4.74 Å². The first kappa shape index (κ1) is 9.51. The van der Waals surface area contributed by atoms with Crippen molar-refractivity contribution in [1.82, 2.24) is 0 Å². The molecular formula is C12H22O. The summed E-state index contributed by atoms with van der Waals surface area (Å²) in [5.74, 6) is 1.71. The molecule has 2 atom stereocenters. The maximum absolute atomic E-state index is 5.93. The van der Waals surface area contributed by atoms with Gasteiger partial charge in [0.15, 0.2) is 0 Å². The highest BCUT2D eigenvalue weighted by atomic mass is 16.5. The van der Waals surface area contributed by atoms with Gasteiger partial charge in [-0.3, -0.25) is 0 Å². The van der Waals surface area contributed by atoms with Crippen molar-refractivity contribution in [2.45, 2.75) is 58.0 Å². The Hall–Kier alpha value is -0.0400. The van der Waals surface area contributed by atoms with Crippen molar-refractivity contribution < 1.29 is 4.74 Å². The Morgan fingerprint density at radius 2 is 1.69 bits per heavy atom. The van der Waals surface area contributed by atoms with Gasteiger partial charge in [-0.05, 0) is 37.5 Å². The van der Waals surface area contributed by atoms with E-state index in [1.54, 1.807) is 0 Å². The topological polar surface area (TPSA) is 9.23 Å². The summed E-state index contributed by atoms with van der Waals surface area (Å²) in [7, 11) is 0. The highest BCUT2D eigenvalue weighted by Crippen LogP contribution is 2.34. The predicted octanol–water partition coefficient (Wildman–Crippen LogP) is 3.38. The minimum Gasteiger partial charge on any atom is -0.378 e. The zero-order valence-electron chi connectivity index (χ0n) is 8.80. The second kappa shape index (κ2) is 4.45. The molecular weight excluding hydrogens is 160 g/mol. The van der Waals surface area contributed by atoms with Crippen LogP contribution < -0.4 is 0 Å². The summed E-state index contributed by atoms with van der Waals surface area (Å²) in [6.07, 6.45) is 10.5. The molecule has 0 amide bonds. The first-order valence-electron chi connectivity index (χ1n) is 5.99. The Morgan fingerprint density at radius 3 is 2.38 bits per heavy atom.